The molecule has 0 atom stereocenters. The Kier molecular flexibility index (Phi) is 5.01. The highest BCUT2D eigenvalue weighted by Crippen LogP contribution is 2.30. The molecular weight excluding hydrogens is 394 g/mol. The summed E-state index contributed by atoms with van der Waals surface area (Å²) in [6.45, 7) is 3.97. The summed E-state index contributed by atoms with van der Waals surface area (Å²) in [4.78, 5) is 18.1. The molecule has 6 nitrogen and oxygen atoms in total. The normalized spacial score (nSPS) is 18.6. The van der Waals surface area contributed by atoms with Gasteiger partial charge >= 0.3 is 0 Å². The molecule has 2 aliphatic heterocycles. The van der Waals surface area contributed by atoms with Gasteiger partial charge in [-0.1, -0.05) is 12.1 Å². The zero-order valence-electron chi connectivity index (χ0n) is 16.0. The third-order valence-corrected chi connectivity index (χ3v) is 7.81. The van der Waals surface area contributed by atoms with E-state index in [1.807, 2.05) is 22.9 Å². The molecule has 28 heavy (non-hydrogen) atoms. The second kappa shape index (κ2) is 7.33. The molecule has 1 aromatic carbocycles. The number of amidine groups is 1. The summed E-state index contributed by atoms with van der Waals surface area (Å²) in [5, 5.41) is 2.05. The fraction of sp³-hybridized carbons (Fsp3) is 0.400. The average Bonchev–Trinajstić information content (AvgIpc) is 3.22. The van der Waals surface area contributed by atoms with E-state index in [4.69, 9.17) is 0 Å². The van der Waals surface area contributed by atoms with Gasteiger partial charge in [-0.2, -0.15) is 8.42 Å². The molecule has 0 saturated carbocycles. The van der Waals surface area contributed by atoms with Crippen LogP contribution in [0.1, 0.15) is 28.8 Å². The highest BCUT2D eigenvalue weighted by Gasteiger charge is 2.35. The van der Waals surface area contributed by atoms with Gasteiger partial charge in [-0.25, -0.2) is 0 Å². The maximum absolute atomic E-state index is 12.9. The van der Waals surface area contributed by atoms with E-state index >= 15 is 0 Å². The van der Waals surface area contributed by atoms with Crippen molar-refractivity contribution in [1.29, 1.82) is 0 Å². The molecule has 0 bridgehead atoms. The lowest BCUT2D eigenvalue weighted by molar-refractivity contribution is -0.135. The van der Waals surface area contributed by atoms with E-state index in [2.05, 4.69) is 22.8 Å². The Morgan fingerprint density at radius 2 is 1.96 bits per heavy atom. The number of aryl methyl sites for hydroxylation is 1. The van der Waals surface area contributed by atoms with Crippen molar-refractivity contribution in [2.24, 2.45) is 10.3 Å². The number of piperidine rings is 1. The smallest absolute Gasteiger partial charge is 0.285 e. The highest BCUT2D eigenvalue weighted by atomic mass is 32.2. The number of carbonyl (C=O) groups excluding carboxylic acids is 1. The molecule has 0 spiro atoms. The number of thiophene rings is 1. The van der Waals surface area contributed by atoms with Gasteiger partial charge in [0.15, 0.2) is 5.84 Å². The summed E-state index contributed by atoms with van der Waals surface area (Å²) in [5.41, 5.74) is 1.89. The maximum Gasteiger partial charge on any atom is 0.285 e. The van der Waals surface area contributed by atoms with Crippen LogP contribution in [0, 0.1) is 12.8 Å². The number of carbonyl (C=O) groups is 1. The third kappa shape index (κ3) is 3.46. The number of rotatable bonds is 3. The number of sulfonamides is 1. The van der Waals surface area contributed by atoms with Gasteiger partial charge in [0.1, 0.15) is 4.90 Å². The highest BCUT2D eigenvalue weighted by molar-refractivity contribution is 7.90. The molecule has 1 fully saturated rings. The van der Waals surface area contributed by atoms with Gasteiger partial charge in [-0.15, -0.1) is 15.7 Å². The third-order valence-electron chi connectivity index (χ3n) is 5.48. The zero-order valence-corrected chi connectivity index (χ0v) is 17.6. The number of amides is 1. The van der Waals surface area contributed by atoms with Crippen molar-refractivity contribution in [2.45, 2.75) is 31.2 Å². The topological polar surface area (TPSA) is 70.1 Å². The van der Waals surface area contributed by atoms with Gasteiger partial charge < -0.3 is 9.80 Å². The molecule has 0 unspecified atom stereocenters. The Morgan fingerprint density at radius 1 is 1.25 bits per heavy atom. The largest absolute Gasteiger partial charge is 0.355 e. The summed E-state index contributed by atoms with van der Waals surface area (Å²) in [7, 11) is -1.75. The molecule has 0 radical (unpaired) electrons. The van der Waals surface area contributed by atoms with Crippen LogP contribution in [-0.2, 0) is 21.4 Å². The summed E-state index contributed by atoms with van der Waals surface area (Å²) >= 11 is 1.68. The average molecular weight is 418 g/mol. The number of benzene rings is 1. The minimum Gasteiger partial charge on any atom is -0.355 e. The fourth-order valence-corrected chi connectivity index (χ4v) is 6.01. The van der Waals surface area contributed by atoms with Crippen molar-refractivity contribution < 1.29 is 13.2 Å². The van der Waals surface area contributed by atoms with Crippen LogP contribution in [0.5, 0.6) is 0 Å². The van der Waals surface area contributed by atoms with Crippen LogP contribution in [0.15, 0.2) is 45.0 Å². The van der Waals surface area contributed by atoms with Gasteiger partial charge in [-0.05, 0) is 48.9 Å². The molecule has 148 valence electrons. The van der Waals surface area contributed by atoms with Crippen molar-refractivity contribution in [2.75, 3.05) is 20.1 Å². The molecule has 2 aromatic rings. The predicted octanol–water partition coefficient (Wildman–Crippen LogP) is 2.88. The standard InChI is InChI=1S/C20H23N3O3S2/c1-14-9-12-27-17(14)13-22(2)20(24)15-7-10-23(11-8-15)19-16-5-3-4-6-18(16)28(25,26)21-19/h3-6,9,12,15H,7-8,10-11,13H2,1-2H3. The first kappa shape index (κ1) is 19.1. The molecular formula is C20H23N3O3S2. The lowest BCUT2D eigenvalue weighted by atomic mass is 9.94. The van der Waals surface area contributed by atoms with Gasteiger partial charge in [0.2, 0.25) is 5.91 Å². The van der Waals surface area contributed by atoms with Crippen LogP contribution in [0.25, 0.3) is 0 Å². The molecule has 2 aliphatic rings. The number of nitrogens with zero attached hydrogens (tertiary/aromatic N) is 3. The Labute approximate surface area is 169 Å². The second-order valence-electron chi connectivity index (χ2n) is 7.37. The Balaban J connectivity index is 1.41. The Bertz CT molecular complexity index is 1030. The minimum atomic E-state index is -3.61. The van der Waals surface area contributed by atoms with Crippen LogP contribution in [0.3, 0.4) is 0 Å². The van der Waals surface area contributed by atoms with Crippen LogP contribution in [0.4, 0.5) is 0 Å². The summed E-state index contributed by atoms with van der Waals surface area (Å²) in [6.07, 6.45) is 1.40. The van der Waals surface area contributed by atoms with E-state index in [0.29, 0.717) is 43.9 Å². The van der Waals surface area contributed by atoms with E-state index in [1.54, 1.807) is 29.5 Å². The molecule has 0 aliphatic carbocycles. The fourth-order valence-electron chi connectivity index (χ4n) is 3.83. The van der Waals surface area contributed by atoms with Gasteiger partial charge in [0.05, 0.1) is 6.54 Å². The first-order chi connectivity index (χ1) is 13.4. The number of hydrogen-bond donors (Lipinski definition) is 0. The lowest BCUT2D eigenvalue weighted by Crippen LogP contribution is -2.43. The van der Waals surface area contributed by atoms with Crippen LogP contribution >= 0.6 is 11.3 Å². The maximum atomic E-state index is 12.9. The quantitative estimate of drug-likeness (QED) is 0.770. The van der Waals surface area contributed by atoms with Gasteiger partial charge in [-0.3, -0.25) is 4.79 Å². The zero-order chi connectivity index (χ0) is 19.9. The van der Waals surface area contributed by atoms with Crippen LogP contribution in [-0.4, -0.2) is 50.1 Å². The van der Waals surface area contributed by atoms with E-state index in [-0.39, 0.29) is 16.7 Å². The second-order valence-corrected chi connectivity index (χ2v) is 9.94. The first-order valence-electron chi connectivity index (χ1n) is 9.34. The van der Waals surface area contributed by atoms with Gasteiger partial charge in [0.25, 0.3) is 10.0 Å². The molecule has 1 saturated heterocycles. The Hall–Kier alpha value is -2.19. The van der Waals surface area contributed by atoms with Crippen molar-refractivity contribution >= 4 is 33.1 Å². The number of hydrogen-bond acceptors (Lipinski definition) is 5. The van der Waals surface area contributed by atoms with Crippen LogP contribution < -0.4 is 0 Å². The SMILES string of the molecule is Cc1ccsc1CN(C)C(=O)C1CCN(C2=NS(=O)(=O)c3ccccc32)CC1. The molecule has 8 heteroatoms. The number of fused-ring (bicyclic) bond motifs is 1. The van der Waals surface area contributed by atoms with Crippen molar-refractivity contribution in [3.8, 4) is 0 Å². The van der Waals surface area contributed by atoms with Crippen molar-refractivity contribution in [1.82, 2.24) is 9.80 Å². The molecule has 4 rings (SSSR count). The Morgan fingerprint density at radius 3 is 2.64 bits per heavy atom. The van der Waals surface area contributed by atoms with Crippen LogP contribution in [0.2, 0.25) is 0 Å². The van der Waals surface area contributed by atoms with Crippen molar-refractivity contribution in [3.05, 3.63) is 51.7 Å². The first-order valence-corrected chi connectivity index (χ1v) is 11.7. The minimum absolute atomic E-state index is 0.0321. The summed E-state index contributed by atoms with van der Waals surface area (Å²) in [6, 6.07) is 9.01. The molecule has 1 aromatic heterocycles. The molecule has 3 heterocycles. The van der Waals surface area contributed by atoms with E-state index < -0.39 is 10.0 Å². The predicted molar refractivity (Wildman–Crippen MR) is 110 cm³/mol. The van der Waals surface area contributed by atoms with Gasteiger partial charge in [0, 0.05) is 36.5 Å². The summed E-state index contributed by atoms with van der Waals surface area (Å²) in [5.74, 6) is 0.647. The number of likely N-dealkylation sites (tertiary alicyclic amines) is 1. The molecule has 0 N–H and O–H groups in total. The monoisotopic (exact) mass is 417 g/mol. The molecule has 1 amide bonds. The van der Waals surface area contributed by atoms with E-state index in [0.717, 1.165) is 0 Å². The lowest BCUT2D eigenvalue weighted by Gasteiger charge is -2.34. The van der Waals surface area contributed by atoms with E-state index in [9.17, 15) is 13.2 Å². The van der Waals surface area contributed by atoms with Crippen molar-refractivity contribution in [3.63, 3.8) is 0 Å². The summed E-state index contributed by atoms with van der Waals surface area (Å²) < 4.78 is 28.5. The van der Waals surface area contributed by atoms with E-state index in [1.165, 1.54) is 10.4 Å².